The van der Waals surface area contributed by atoms with Crippen LogP contribution in [0.1, 0.15) is 43.7 Å². The number of nitrogens with one attached hydrogen (secondary N) is 1. The third-order valence-corrected chi connectivity index (χ3v) is 4.13. The number of rotatable bonds is 10. The minimum Gasteiger partial charge on any atom is -0.480 e. The number of aromatic nitrogens is 2. The first kappa shape index (κ1) is 12.5. The normalized spacial score (nSPS) is 20.0. The number of benzene rings is 1. The van der Waals surface area contributed by atoms with Gasteiger partial charge in [-0.25, -0.2) is 4.98 Å². The van der Waals surface area contributed by atoms with E-state index in [4.69, 9.17) is 35.5 Å². The number of carboxylic acids is 2. The van der Waals surface area contributed by atoms with Gasteiger partial charge < -0.3 is 14.8 Å². The molecule has 2 aromatic rings. The predicted molar refractivity (Wildman–Crippen MR) is 107 cm³/mol. The van der Waals surface area contributed by atoms with Gasteiger partial charge in [-0.1, -0.05) is 36.9 Å². The second-order valence-electron chi connectivity index (χ2n) is 5.84. The Morgan fingerprint density at radius 2 is 1.89 bits per heavy atom. The van der Waals surface area contributed by atoms with Gasteiger partial charge in [0.15, 0.2) is 0 Å². The summed E-state index contributed by atoms with van der Waals surface area (Å²) in [6.07, 6.45) is -1.61. The van der Waals surface area contributed by atoms with Crippen LogP contribution in [0.15, 0.2) is 30.7 Å². The number of carbonyl (C=O) groups is 2. The average Bonchev–Trinajstić information content (AvgIpc) is 3.13. The van der Waals surface area contributed by atoms with Gasteiger partial charge in [-0.05, 0) is 36.0 Å². The summed E-state index contributed by atoms with van der Waals surface area (Å²) in [6, 6.07) is 0.186. The molecule has 0 saturated carbocycles. The quantitative estimate of drug-likeness (QED) is 0.527. The van der Waals surface area contributed by atoms with E-state index in [1.165, 1.54) is 23.2 Å². The third-order valence-electron chi connectivity index (χ3n) is 3.69. The summed E-state index contributed by atoms with van der Waals surface area (Å²) >= 11 is 12.0. The van der Waals surface area contributed by atoms with E-state index in [1.807, 2.05) is 5.32 Å². The molecule has 1 heterocycles. The summed E-state index contributed by atoms with van der Waals surface area (Å²) < 4.78 is 71.0. The largest absolute Gasteiger partial charge is 0.480 e. The molecule has 0 aliphatic carbocycles. The van der Waals surface area contributed by atoms with Crippen molar-refractivity contribution in [2.45, 2.75) is 45.1 Å². The van der Waals surface area contributed by atoms with Crippen molar-refractivity contribution in [3.05, 3.63) is 52.0 Å². The predicted octanol–water partition coefficient (Wildman–Crippen LogP) is 3.32. The van der Waals surface area contributed by atoms with Crippen LogP contribution < -0.4 is 5.32 Å². The van der Waals surface area contributed by atoms with Crippen molar-refractivity contribution in [1.82, 2.24) is 14.9 Å². The molecule has 0 aliphatic rings. The smallest absolute Gasteiger partial charge is 0.321 e. The third kappa shape index (κ3) is 6.51. The van der Waals surface area contributed by atoms with Crippen LogP contribution in [0.3, 0.4) is 0 Å². The maximum Gasteiger partial charge on any atom is 0.321 e. The second-order valence-corrected chi connectivity index (χ2v) is 6.72. The van der Waals surface area contributed by atoms with E-state index in [2.05, 4.69) is 4.98 Å². The Bertz CT molecular complexity index is 1120. The van der Waals surface area contributed by atoms with Gasteiger partial charge in [0.2, 0.25) is 0 Å². The van der Waals surface area contributed by atoms with Gasteiger partial charge in [-0.3, -0.25) is 14.9 Å². The second kappa shape index (κ2) is 9.91. The molecule has 1 unspecified atom stereocenters. The number of halogens is 2. The van der Waals surface area contributed by atoms with Crippen molar-refractivity contribution < 1.29 is 32.1 Å². The van der Waals surface area contributed by atoms with E-state index < -0.39 is 56.4 Å². The van der Waals surface area contributed by atoms with Crippen LogP contribution in [-0.4, -0.2) is 43.8 Å². The molecule has 0 bridgehead atoms. The van der Waals surface area contributed by atoms with E-state index in [9.17, 15) is 19.8 Å². The Labute approximate surface area is 185 Å². The van der Waals surface area contributed by atoms with Crippen LogP contribution in [0.25, 0.3) is 0 Å². The van der Waals surface area contributed by atoms with Gasteiger partial charge in [0.1, 0.15) is 12.1 Å². The molecule has 2 atom stereocenters. The molecule has 2 rings (SSSR count). The van der Waals surface area contributed by atoms with Gasteiger partial charge >= 0.3 is 11.9 Å². The topological polar surface area (TPSA) is 104 Å². The zero-order chi connectivity index (χ0) is 28.6. The van der Waals surface area contributed by atoms with Crippen molar-refractivity contribution in [3.8, 4) is 0 Å². The van der Waals surface area contributed by atoms with Crippen LogP contribution in [0.4, 0.5) is 0 Å². The number of carboxylic acid groups (broad SMARTS) is 2. The number of hydrogen-bond donors (Lipinski definition) is 3. The molecule has 0 spiro atoms. The summed E-state index contributed by atoms with van der Waals surface area (Å²) in [6.45, 7) is -7.46. The monoisotopic (exact) mass is 436 g/mol. The fourth-order valence-corrected chi connectivity index (χ4v) is 3.08. The Hall–Kier alpha value is -2.09. The first-order valence-corrected chi connectivity index (χ1v) is 8.63. The maximum atomic E-state index is 12.0. The molecule has 0 amide bonds. The van der Waals surface area contributed by atoms with Gasteiger partial charge in [0, 0.05) is 47.2 Å². The maximum absolute atomic E-state index is 12.0. The molecular weight excluding hydrogens is 405 g/mol. The molecule has 9 heteroatoms. The number of aliphatic carboxylic acids is 2. The average molecular weight is 437 g/mol. The highest BCUT2D eigenvalue weighted by Crippen LogP contribution is 2.20. The highest BCUT2D eigenvalue weighted by Gasteiger charge is 2.27. The van der Waals surface area contributed by atoms with Crippen LogP contribution in [0.5, 0.6) is 0 Å². The molecular formula is C19H23Cl2N3O4. The van der Waals surface area contributed by atoms with E-state index >= 15 is 0 Å². The highest BCUT2D eigenvalue weighted by atomic mass is 35.5. The molecule has 3 N–H and O–H groups in total. The summed E-state index contributed by atoms with van der Waals surface area (Å²) in [7, 11) is 0. The molecule has 0 radical (unpaired) electrons. The number of nitrogens with zero attached hydrogens (tertiary/aromatic N) is 2. The molecule has 0 aliphatic heterocycles. The van der Waals surface area contributed by atoms with Crippen molar-refractivity contribution in [2.24, 2.45) is 5.89 Å². The van der Waals surface area contributed by atoms with Crippen molar-refractivity contribution >= 4 is 35.1 Å². The van der Waals surface area contributed by atoms with Gasteiger partial charge in [0.25, 0.3) is 0 Å². The Kier molecular flexibility index (Phi) is 4.41. The summed E-state index contributed by atoms with van der Waals surface area (Å²) in [4.78, 5) is 27.9. The molecule has 0 saturated heterocycles. The zero-order valence-corrected chi connectivity index (χ0v) is 15.8. The minimum absolute atomic E-state index is 0.138. The first-order chi connectivity index (χ1) is 16.7. The minimum atomic E-state index is -3.92. The lowest BCUT2D eigenvalue weighted by Crippen LogP contribution is -2.49. The lowest BCUT2D eigenvalue weighted by molar-refractivity contribution is -0.142. The Morgan fingerprint density at radius 1 is 1.25 bits per heavy atom. The van der Waals surface area contributed by atoms with E-state index in [0.717, 1.165) is 0 Å². The summed E-state index contributed by atoms with van der Waals surface area (Å²) in [5.74, 6) is -7.64. The lowest BCUT2D eigenvalue weighted by Gasteiger charge is -2.22. The number of imidazole rings is 1. The van der Waals surface area contributed by atoms with E-state index in [1.54, 1.807) is 12.1 Å². The van der Waals surface area contributed by atoms with Crippen LogP contribution in [0, 0.1) is 5.89 Å². The Morgan fingerprint density at radius 3 is 2.46 bits per heavy atom. The van der Waals surface area contributed by atoms with Crippen LogP contribution >= 0.6 is 23.2 Å². The van der Waals surface area contributed by atoms with Crippen LogP contribution in [0.2, 0.25) is 10.0 Å². The standard InChI is InChI=1S/C19H23Cl2N3O4/c1-11(2)3-16(18(25)26)23-17(19(27)28)7-15-8-22-10-24(15)9-12-4-13(20)6-14(21)5-12/h4-6,8,10-11,16-17,23H,3,7,9H2,1-2H3,(H,25,26)(H,27,28)/t16?,17-/m0/s1/i1D3,2D3,3D2,11D. The fraction of sp³-hybridized carbons (Fsp3) is 0.421. The van der Waals surface area contributed by atoms with Crippen molar-refractivity contribution in [3.63, 3.8) is 0 Å². The van der Waals surface area contributed by atoms with Gasteiger partial charge in [0.05, 0.1) is 6.33 Å². The molecule has 152 valence electrons. The molecule has 1 aromatic heterocycles. The highest BCUT2D eigenvalue weighted by molar-refractivity contribution is 6.34. The van der Waals surface area contributed by atoms with E-state index in [-0.39, 0.29) is 12.2 Å². The summed E-state index contributed by atoms with van der Waals surface area (Å²) in [5, 5.41) is 22.1. The zero-order valence-electron chi connectivity index (χ0n) is 23.3. The molecule has 0 fully saturated rings. The van der Waals surface area contributed by atoms with E-state index in [0.29, 0.717) is 15.6 Å². The molecule has 1 aromatic carbocycles. The van der Waals surface area contributed by atoms with Gasteiger partial charge in [-0.15, -0.1) is 0 Å². The summed E-state index contributed by atoms with van der Waals surface area (Å²) in [5.41, 5.74) is 0.884. The first-order valence-electron chi connectivity index (χ1n) is 12.4. The molecule has 7 nitrogen and oxygen atoms in total. The van der Waals surface area contributed by atoms with Crippen LogP contribution in [-0.2, 0) is 22.6 Å². The SMILES string of the molecule is [2H]C([2H])([2H])C([2H])(C([2H])([2H])[2H])C([2H])([2H])C(N[C@@H](Cc1cncn1Cc1cc(Cl)cc(Cl)c1)C(=O)O)C(=O)O. The van der Waals surface area contributed by atoms with Crippen molar-refractivity contribution in [1.29, 1.82) is 0 Å². The van der Waals surface area contributed by atoms with Gasteiger partial charge in [-0.2, -0.15) is 0 Å². The lowest BCUT2D eigenvalue weighted by atomic mass is 10.0. The number of hydrogen-bond acceptors (Lipinski definition) is 4. The Balaban J connectivity index is 2.43. The van der Waals surface area contributed by atoms with Crippen molar-refractivity contribution in [2.75, 3.05) is 0 Å². The fourth-order valence-electron chi connectivity index (χ4n) is 2.51. The molecule has 28 heavy (non-hydrogen) atoms.